The zero-order chi connectivity index (χ0) is 15.0. The summed E-state index contributed by atoms with van der Waals surface area (Å²) in [4.78, 5) is 17.7. The molecule has 3 aromatic rings. The molecular weight excluding hydrogens is 284 g/mol. The maximum Gasteiger partial charge on any atom is 0.419 e. The minimum absolute atomic E-state index is 0.381. The molecule has 0 unspecified atom stereocenters. The van der Waals surface area contributed by atoms with Gasteiger partial charge in [-0.3, -0.25) is 4.98 Å². The van der Waals surface area contributed by atoms with Gasteiger partial charge in [-0.25, -0.2) is 9.36 Å². The Morgan fingerprint density at radius 2 is 2.14 bits per heavy atom. The molecule has 108 valence electrons. The van der Waals surface area contributed by atoms with Crippen LogP contribution < -0.4 is 0 Å². The summed E-state index contributed by atoms with van der Waals surface area (Å²) >= 11 is 1.59. The fourth-order valence-electron chi connectivity index (χ4n) is 2.16. The first-order valence-electron chi connectivity index (χ1n) is 6.68. The van der Waals surface area contributed by atoms with Crippen molar-refractivity contribution in [1.29, 1.82) is 0 Å². The van der Waals surface area contributed by atoms with E-state index in [0.717, 1.165) is 21.5 Å². The summed E-state index contributed by atoms with van der Waals surface area (Å²) in [6, 6.07) is 7.85. The van der Waals surface area contributed by atoms with E-state index in [1.165, 1.54) is 0 Å². The lowest BCUT2D eigenvalue weighted by atomic mass is 10.2. The fourth-order valence-corrected chi connectivity index (χ4v) is 2.89. The number of carbonyl (C=O) groups excluding carboxylic acids is 1. The molecular formula is C16H16N2O2S. The molecule has 0 saturated heterocycles. The van der Waals surface area contributed by atoms with Crippen LogP contribution in [0.2, 0.25) is 0 Å². The third-order valence-electron chi connectivity index (χ3n) is 2.96. The first-order valence-corrected chi connectivity index (χ1v) is 7.56. The molecule has 0 amide bonds. The Bertz CT molecular complexity index is 782. The highest BCUT2D eigenvalue weighted by Gasteiger charge is 2.23. The van der Waals surface area contributed by atoms with Crippen LogP contribution in [0.1, 0.15) is 20.8 Å². The van der Waals surface area contributed by atoms with Crippen molar-refractivity contribution in [2.75, 3.05) is 0 Å². The van der Waals surface area contributed by atoms with Crippen molar-refractivity contribution in [3.8, 4) is 10.6 Å². The number of rotatable bonds is 1. The largest absolute Gasteiger partial charge is 0.443 e. The Labute approximate surface area is 127 Å². The van der Waals surface area contributed by atoms with Gasteiger partial charge in [0.05, 0.1) is 22.3 Å². The van der Waals surface area contributed by atoms with Gasteiger partial charge in [0.25, 0.3) is 0 Å². The van der Waals surface area contributed by atoms with Crippen molar-refractivity contribution in [2.45, 2.75) is 26.4 Å². The second kappa shape index (κ2) is 5.00. The number of thiophene rings is 1. The molecule has 0 aromatic carbocycles. The average molecular weight is 300 g/mol. The van der Waals surface area contributed by atoms with Crippen LogP contribution in [-0.4, -0.2) is 21.2 Å². The van der Waals surface area contributed by atoms with E-state index in [-0.39, 0.29) is 6.09 Å². The number of ether oxygens (including phenoxy) is 1. The van der Waals surface area contributed by atoms with Crippen LogP contribution in [0, 0.1) is 0 Å². The van der Waals surface area contributed by atoms with Crippen molar-refractivity contribution < 1.29 is 9.53 Å². The van der Waals surface area contributed by atoms with Gasteiger partial charge in [-0.15, -0.1) is 11.3 Å². The van der Waals surface area contributed by atoms with Crippen molar-refractivity contribution in [3.63, 3.8) is 0 Å². The van der Waals surface area contributed by atoms with Crippen molar-refractivity contribution in [1.82, 2.24) is 9.55 Å². The average Bonchev–Trinajstić information content (AvgIpc) is 3.03. The van der Waals surface area contributed by atoms with Crippen LogP contribution in [0.15, 0.2) is 42.0 Å². The Morgan fingerprint density at radius 3 is 2.81 bits per heavy atom. The minimum atomic E-state index is -0.539. The molecule has 5 heteroatoms. The molecule has 3 rings (SSSR count). The number of fused-ring (bicyclic) bond motifs is 1. The molecule has 3 aromatic heterocycles. The highest BCUT2D eigenvalue weighted by Crippen LogP contribution is 2.31. The topological polar surface area (TPSA) is 44.1 Å². The highest BCUT2D eigenvalue weighted by molar-refractivity contribution is 7.13. The van der Waals surface area contributed by atoms with Crippen LogP contribution >= 0.6 is 11.3 Å². The third-order valence-corrected chi connectivity index (χ3v) is 3.85. The third kappa shape index (κ3) is 2.69. The van der Waals surface area contributed by atoms with E-state index in [9.17, 15) is 4.79 Å². The quantitative estimate of drug-likeness (QED) is 0.662. The number of nitrogens with zero attached hydrogens (tertiary/aromatic N) is 2. The Morgan fingerprint density at radius 1 is 1.33 bits per heavy atom. The SMILES string of the molecule is CC(C)(C)OC(=O)n1c(-c2cccs2)cc2ccncc21. The molecule has 4 nitrogen and oxygen atoms in total. The second-order valence-corrected chi connectivity index (χ2v) is 6.70. The van der Waals surface area contributed by atoms with Crippen molar-refractivity contribution in [2.24, 2.45) is 0 Å². The Kier molecular flexibility index (Phi) is 3.29. The van der Waals surface area contributed by atoms with E-state index < -0.39 is 5.60 Å². The zero-order valence-electron chi connectivity index (χ0n) is 12.2. The molecule has 21 heavy (non-hydrogen) atoms. The predicted octanol–water partition coefficient (Wildman–Crippen LogP) is 4.55. The summed E-state index contributed by atoms with van der Waals surface area (Å²) < 4.78 is 7.13. The molecule has 0 bridgehead atoms. The van der Waals surface area contributed by atoms with Crippen LogP contribution in [0.3, 0.4) is 0 Å². The van der Waals surface area contributed by atoms with Gasteiger partial charge in [-0.05, 0) is 44.4 Å². The lowest BCUT2D eigenvalue weighted by Crippen LogP contribution is -2.27. The molecule has 0 aliphatic carbocycles. The first-order chi connectivity index (χ1) is 9.96. The fraction of sp³-hybridized carbons (Fsp3) is 0.250. The summed E-state index contributed by atoms with van der Waals surface area (Å²) in [5.74, 6) is 0. The Balaban J connectivity index is 2.19. The predicted molar refractivity (Wildman–Crippen MR) is 84.7 cm³/mol. The van der Waals surface area contributed by atoms with Gasteiger partial charge in [0.2, 0.25) is 0 Å². The van der Waals surface area contributed by atoms with Crippen LogP contribution in [-0.2, 0) is 4.74 Å². The normalized spacial score (nSPS) is 11.8. The Hall–Kier alpha value is -2.14. The molecule has 0 saturated carbocycles. The minimum Gasteiger partial charge on any atom is -0.443 e. The van der Waals surface area contributed by atoms with Crippen molar-refractivity contribution >= 4 is 28.3 Å². The summed E-state index contributed by atoms with van der Waals surface area (Å²) in [6.07, 6.45) is 3.03. The van der Waals surface area contributed by atoms with E-state index in [4.69, 9.17) is 4.74 Å². The van der Waals surface area contributed by atoms with E-state index in [0.29, 0.717) is 0 Å². The van der Waals surface area contributed by atoms with E-state index in [1.54, 1.807) is 28.3 Å². The molecule has 0 atom stereocenters. The molecule has 0 radical (unpaired) electrons. The van der Waals surface area contributed by atoms with Crippen LogP contribution in [0.4, 0.5) is 4.79 Å². The lowest BCUT2D eigenvalue weighted by Gasteiger charge is -2.20. The van der Waals surface area contributed by atoms with Gasteiger partial charge in [-0.2, -0.15) is 0 Å². The number of hydrogen-bond donors (Lipinski definition) is 0. The maximum absolute atomic E-state index is 12.6. The molecule has 0 aliphatic rings. The van der Waals surface area contributed by atoms with E-state index in [2.05, 4.69) is 4.98 Å². The standard InChI is InChI=1S/C16H16N2O2S/c1-16(2,3)20-15(19)18-12(14-5-4-8-21-14)9-11-6-7-17-10-13(11)18/h4-10H,1-3H3. The van der Waals surface area contributed by atoms with Gasteiger partial charge >= 0.3 is 6.09 Å². The number of hydrogen-bond acceptors (Lipinski definition) is 4. The summed E-state index contributed by atoms with van der Waals surface area (Å²) in [6.45, 7) is 5.58. The van der Waals surface area contributed by atoms with Crippen LogP contribution in [0.5, 0.6) is 0 Å². The summed E-state index contributed by atoms with van der Waals surface area (Å²) in [5, 5.41) is 2.96. The van der Waals surface area contributed by atoms with Gasteiger partial charge in [0, 0.05) is 11.6 Å². The van der Waals surface area contributed by atoms with E-state index in [1.807, 2.05) is 50.4 Å². The maximum atomic E-state index is 12.6. The smallest absolute Gasteiger partial charge is 0.419 e. The number of carbonyl (C=O) groups is 1. The van der Waals surface area contributed by atoms with Crippen molar-refractivity contribution in [3.05, 3.63) is 42.0 Å². The monoisotopic (exact) mass is 300 g/mol. The molecule has 0 spiro atoms. The summed E-state index contributed by atoms with van der Waals surface area (Å²) in [5.41, 5.74) is 1.06. The second-order valence-electron chi connectivity index (χ2n) is 5.76. The van der Waals surface area contributed by atoms with Gasteiger partial charge in [0.15, 0.2) is 0 Å². The summed E-state index contributed by atoms with van der Waals surface area (Å²) in [7, 11) is 0. The first kappa shape index (κ1) is 13.8. The van der Waals surface area contributed by atoms with Gasteiger partial charge < -0.3 is 4.74 Å². The molecule has 0 N–H and O–H groups in total. The number of aromatic nitrogens is 2. The van der Waals surface area contributed by atoms with Gasteiger partial charge in [-0.1, -0.05) is 6.07 Å². The molecule has 0 aliphatic heterocycles. The molecule has 3 heterocycles. The lowest BCUT2D eigenvalue weighted by molar-refractivity contribution is 0.0547. The van der Waals surface area contributed by atoms with E-state index >= 15 is 0 Å². The highest BCUT2D eigenvalue weighted by atomic mass is 32.1. The number of pyridine rings is 1. The van der Waals surface area contributed by atoms with Gasteiger partial charge in [0.1, 0.15) is 5.60 Å². The zero-order valence-corrected chi connectivity index (χ0v) is 13.0. The van der Waals surface area contributed by atoms with Crippen LogP contribution in [0.25, 0.3) is 21.5 Å². The molecule has 0 fully saturated rings.